The molecule has 1 N–H and O–H groups in total. The van der Waals surface area contributed by atoms with Crippen LogP contribution in [0.25, 0.3) is 0 Å². The number of rotatable bonds is 5. The standard InChI is InChI=1S/C13H24O4/c1-15-13(7-3-2-4-8-13)17-10-6-12-11(14)5-9-16-12/h11-12,14H,2-10H2,1H3/t11-,12-/m1/s1. The SMILES string of the molecule is COC1(OCC[C@H]2OCC[C@H]2O)CCCCC1. The van der Waals surface area contributed by atoms with Gasteiger partial charge < -0.3 is 19.3 Å². The van der Waals surface area contributed by atoms with Gasteiger partial charge in [0.05, 0.1) is 18.8 Å². The summed E-state index contributed by atoms with van der Waals surface area (Å²) in [7, 11) is 1.73. The lowest BCUT2D eigenvalue weighted by Crippen LogP contribution is -2.38. The van der Waals surface area contributed by atoms with Crippen molar-refractivity contribution in [3.63, 3.8) is 0 Å². The average Bonchev–Trinajstić information content (AvgIpc) is 2.76. The van der Waals surface area contributed by atoms with Gasteiger partial charge in [0.15, 0.2) is 5.79 Å². The Labute approximate surface area is 103 Å². The fraction of sp³-hybridized carbons (Fsp3) is 1.00. The van der Waals surface area contributed by atoms with Crippen molar-refractivity contribution >= 4 is 0 Å². The van der Waals surface area contributed by atoms with Gasteiger partial charge in [-0.3, -0.25) is 0 Å². The fourth-order valence-electron chi connectivity index (χ4n) is 2.77. The summed E-state index contributed by atoms with van der Waals surface area (Å²) in [5.74, 6) is -0.373. The van der Waals surface area contributed by atoms with E-state index in [2.05, 4.69) is 0 Å². The van der Waals surface area contributed by atoms with Crippen LogP contribution < -0.4 is 0 Å². The molecule has 100 valence electrons. The number of methoxy groups -OCH3 is 1. The topological polar surface area (TPSA) is 47.9 Å². The van der Waals surface area contributed by atoms with E-state index >= 15 is 0 Å². The van der Waals surface area contributed by atoms with Crippen LogP contribution in [-0.2, 0) is 14.2 Å². The van der Waals surface area contributed by atoms with Crippen LogP contribution in [0.2, 0.25) is 0 Å². The zero-order chi connectivity index (χ0) is 12.1. The third-order valence-corrected chi connectivity index (χ3v) is 3.93. The third-order valence-electron chi connectivity index (χ3n) is 3.93. The Morgan fingerprint density at radius 2 is 2.06 bits per heavy atom. The molecule has 2 aliphatic rings. The van der Waals surface area contributed by atoms with Gasteiger partial charge in [-0.2, -0.15) is 0 Å². The van der Waals surface area contributed by atoms with Crippen LogP contribution in [0.4, 0.5) is 0 Å². The molecule has 1 saturated carbocycles. The van der Waals surface area contributed by atoms with Crippen molar-refractivity contribution in [1.82, 2.24) is 0 Å². The number of hydrogen-bond donors (Lipinski definition) is 1. The Hall–Kier alpha value is -0.160. The molecule has 1 aliphatic carbocycles. The molecule has 4 nitrogen and oxygen atoms in total. The molecule has 1 heterocycles. The van der Waals surface area contributed by atoms with E-state index in [0.29, 0.717) is 13.2 Å². The minimum atomic E-state index is -0.373. The molecular weight excluding hydrogens is 220 g/mol. The summed E-state index contributed by atoms with van der Waals surface area (Å²) in [6.07, 6.45) is 6.74. The van der Waals surface area contributed by atoms with E-state index in [9.17, 15) is 5.11 Å². The molecule has 0 bridgehead atoms. The number of ether oxygens (including phenoxy) is 3. The highest BCUT2D eigenvalue weighted by Gasteiger charge is 2.33. The summed E-state index contributed by atoms with van der Waals surface area (Å²) in [6, 6.07) is 0. The second-order valence-corrected chi connectivity index (χ2v) is 5.08. The van der Waals surface area contributed by atoms with Crippen molar-refractivity contribution in [2.45, 2.75) is 62.9 Å². The summed E-state index contributed by atoms with van der Waals surface area (Å²) < 4.78 is 16.9. The molecule has 0 aromatic heterocycles. The van der Waals surface area contributed by atoms with Gasteiger partial charge in [-0.05, 0) is 25.7 Å². The lowest BCUT2D eigenvalue weighted by molar-refractivity contribution is -0.241. The van der Waals surface area contributed by atoms with Crippen molar-refractivity contribution in [2.75, 3.05) is 20.3 Å². The molecule has 17 heavy (non-hydrogen) atoms. The van der Waals surface area contributed by atoms with Crippen LogP contribution in [-0.4, -0.2) is 43.4 Å². The lowest BCUT2D eigenvalue weighted by atomic mass is 9.94. The van der Waals surface area contributed by atoms with Crippen LogP contribution in [0.1, 0.15) is 44.9 Å². The van der Waals surface area contributed by atoms with Crippen molar-refractivity contribution in [3.8, 4) is 0 Å². The summed E-state index contributed by atoms with van der Waals surface area (Å²) in [6.45, 7) is 1.27. The average molecular weight is 244 g/mol. The highest BCUT2D eigenvalue weighted by atomic mass is 16.7. The second kappa shape index (κ2) is 6.14. The number of aliphatic hydroxyl groups excluding tert-OH is 1. The van der Waals surface area contributed by atoms with Gasteiger partial charge in [-0.15, -0.1) is 0 Å². The first-order valence-corrected chi connectivity index (χ1v) is 6.74. The summed E-state index contributed by atoms with van der Waals surface area (Å²) in [5.41, 5.74) is 0. The maximum atomic E-state index is 9.64. The molecule has 1 aliphatic heterocycles. The van der Waals surface area contributed by atoms with Gasteiger partial charge in [0.25, 0.3) is 0 Å². The van der Waals surface area contributed by atoms with E-state index in [-0.39, 0.29) is 18.0 Å². The predicted molar refractivity (Wildman–Crippen MR) is 63.8 cm³/mol. The maximum Gasteiger partial charge on any atom is 0.167 e. The summed E-state index contributed by atoms with van der Waals surface area (Å²) in [4.78, 5) is 0. The Morgan fingerprint density at radius 1 is 1.29 bits per heavy atom. The minimum absolute atomic E-state index is 0.0486. The first-order chi connectivity index (χ1) is 8.26. The number of hydrogen-bond acceptors (Lipinski definition) is 4. The zero-order valence-corrected chi connectivity index (χ0v) is 10.7. The molecule has 0 amide bonds. The van der Waals surface area contributed by atoms with Crippen molar-refractivity contribution in [3.05, 3.63) is 0 Å². The molecule has 0 aromatic carbocycles. The highest BCUT2D eigenvalue weighted by Crippen LogP contribution is 2.32. The van der Waals surface area contributed by atoms with E-state index in [0.717, 1.165) is 25.7 Å². The molecule has 4 heteroatoms. The smallest absolute Gasteiger partial charge is 0.167 e. The normalized spacial score (nSPS) is 32.8. The molecule has 0 spiro atoms. The van der Waals surface area contributed by atoms with E-state index in [1.54, 1.807) is 7.11 Å². The Bertz CT molecular complexity index is 225. The van der Waals surface area contributed by atoms with Gasteiger partial charge in [0.1, 0.15) is 0 Å². The van der Waals surface area contributed by atoms with Crippen molar-refractivity contribution in [1.29, 1.82) is 0 Å². The fourth-order valence-corrected chi connectivity index (χ4v) is 2.77. The molecule has 0 unspecified atom stereocenters. The first kappa shape index (κ1) is 13.3. The van der Waals surface area contributed by atoms with Gasteiger partial charge in [-0.25, -0.2) is 0 Å². The monoisotopic (exact) mass is 244 g/mol. The largest absolute Gasteiger partial charge is 0.390 e. The molecular formula is C13H24O4. The Morgan fingerprint density at radius 3 is 2.65 bits per heavy atom. The van der Waals surface area contributed by atoms with Crippen molar-refractivity contribution < 1.29 is 19.3 Å². The van der Waals surface area contributed by atoms with Crippen LogP contribution in [0.5, 0.6) is 0 Å². The highest BCUT2D eigenvalue weighted by molar-refractivity contribution is 4.77. The molecule has 0 aromatic rings. The predicted octanol–water partition coefficient (Wildman–Crippen LogP) is 1.85. The summed E-state index contributed by atoms with van der Waals surface area (Å²) >= 11 is 0. The molecule has 0 radical (unpaired) electrons. The second-order valence-electron chi connectivity index (χ2n) is 5.08. The van der Waals surface area contributed by atoms with Gasteiger partial charge in [0, 0.05) is 26.6 Å². The van der Waals surface area contributed by atoms with Gasteiger partial charge in [0.2, 0.25) is 0 Å². The molecule has 2 rings (SSSR count). The van der Waals surface area contributed by atoms with E-state index in [1.165, 1.54) is 19.3 Å². The molecule has 2 atom stereocenters. The quantitative estimate of drug-likeness (QED) is 0.750. The minimum Gasteiger partial charge on any atom is -0.390 e. The van der Waals surface area contributed by atoms with E-state index < -0.39 is 0 Å². The Balaban J connectivity index is 1.72. The van der Waals surface area contributed by atoms with E-state index in [4.69, 9.17) is 14.2 Å². The van der Waals surface area contributed by atoms with Gasteiger partial charge in [-0.1, -0.05) is 6.42 Å². The van der Waals surface area contributed by atoms with Crippen LogP contribution in [0, 0.1) is 0 Å². The van der Waals surface area contributed by atoms with Crippen LogP contribution in [0.15, 0.2) is 0 Å². The Kier molecular flexibility index (Phi) is 4.79. The summed E-state index contributed by atoms with van der Waals surface area (Å²) in [5, 5.41) is 9.64. The molecule has 1 saturated heterocycles. The maximum absolute atomic E-state index is 9.64. The lowest BCUT2D eigenvalue weighted by Gasteiger charge is -2.36. The third kappa shape index (κ3) is 3.41. The van der Waals surface area contributed by atoms with Crippen LogP contribution >= 0.6 is 0 Å². The van der Waals surface area contributed by atoms with Crippen molar-refractivity contribution in [2.24, 2.45) is 0 Å². The zero-order valence-electron chi connectivity index (χ0n) is 10.7. The van der Waals surface area contributed by atoms with Crippen LogP contribution in [0.3, 0.4) is 0 Å². The van der Waals surface area contributed by atoms with Gasteiger partial charge >= 0.3 is 0 Å². The molecule has 2 fully saturated rings. The number of aliphatic hydroxyl groups is 1. The van der Waals surface area contributed by atoms with E-state index in [1.807, 2.05) is 0 Å². The first-order valence-electron chi connectivity index (χ1n) is 6.74.